The molecule has 0 saturated heterocycles. The second-order valence-corrected chi connectivity index (χ2v) is 8.77. The van der Waals surface area contributed by atoms with E-state index in [-0.39, 0.29) is 22.7 Å². The van der Waals surface area contributed by atoms with Gasteiger partial charge in [0.1, 0.15) is 22.9 Å². The molecule has 8 nitrogen and oxygen atoms in total. The van der Waals surface area contributed by atoms with Crippen LogP contribution in [-0.4, -0.2) is 40.2 Å². The topological polar surface area (TPSA) is 111 Å². The van der Waals surface area contributed by atoms with E-state index in [1.165, 1.54) is 43.5 Å². The number of amides is 1. The fourth-order valence-corrected chi connectivity index (χ4v) is 4.27. The molecule has 0 spiro atoms. The summed E-state index contributed by atoms with van der Waals surface area (Å²) in [5, 5.41) is 13.3. The number of carbonyl (C=O) groups is 2. The third kappa shape index (κ3) is 5.85. The molecule has 0 aliphatic heterocycles. The van der Waals surface area contributed by atoms with E-state index in [1.54, 1.807) is 32.0 Å². The van der Waals surface area contributed by atoms with Crippen molar-refractivity contribution in [1.29, 1.82) is 0 Å². The zero-order valence-electron chi connectivity index (χ0n) is 21.3. The number of carboxylic acid groups (broad SMARTS) is 1. The average Bonchev–Trinajstić information content (AvgIpc) is 2.91. The Kier molecular flexibility index (Phi) is 7.85. The number of hydrogen-bond acceptors (Lipinski definition) is 6. The molecule has 4 rings (SSSR count). The number of rotatable bonds is 9. The van der Waals surface area contributed by atoms with Gasteiger partial charge < -0.3 is 19.9 Å². The zero-order valence-corrected chi connectivity index (χ0v) is 21.3. The predicted molar refractivity (Wildman–Crippen MR) is 138 cm³/mol. The standard InChI is InChI=1S/C29H25F2N3O5/c1-17-16-18(2)33-28(32-17)39-25(27(36)37)29(20-6-10-22(30)11-7-20,21-8-12-23(31)13-9-21)34-26(35)19-4-14-24(38-3)15-5-19/h4-16,25H,1-3H3,(H,34,35)(H,36,37). The smallest absolute Gasteiger partial charge is 0.348 e. The Labute approximate surface area is 223 Å². The van der Waals surface area contributed by atoms with Crippen molar-refractivity contribution in [3.05, 3.63) is 119 Å². The lowest BCUT2D eigenvalue weighted by Gasteiger charge is -2.39. The minimum absolute atomic E-state index is 0.161. The summed E-state index contributed by atoms with van der Waals surface area (Å²) >= 11 is 0. The molecule has 0 saturated carbocycles. The van der Waals surface area contributed by atoms with E-state index in [1.807, 2.05) is 0 Å². The van der Waals surface area contributed by atoms with Crippen molar-refractivity contribution in [3.63, 3.8) is 0 Å². The molecule has 0 aliphatic carbocycles. The highest BCUT2D eigenvalue weighted by atomic mass is 19.1. The number of hydrogen-bond donors (Lipinski definition) is 2. The Morgan fingerprint density at radius 3 is 1.77 bits per heavy atom. The molecule has 1 aromatic heterocycles. The molecule has 0 fully saturated rings. The van der Waals surface area contributed by atoms with E-state index in [2.05, 4.69) is 15.3 Å². The van der Waals surface area contributed by atoms with Gasteiger partial charge in [0.05, 0.1) is 7.11 Å². The van der Waals surface area contributed by atoms with E-state index >= 15 is 0 Å². The maximum absolute atomic E-state index is 14.0. The molecule has 39 heavy (non-hydrogen) atoms. The zero-order chi connectivity index (χ0) is 28.2. The van der Waals surface area contributed by atoms with Crippen molar-refractivity contribution in [3.8, 4) is 11.8 Å². The van der Waals surface area contributed by atoms with Crippen molar-refractivity contribution >= 4 is 11.9 Å². The third-order valence-corrected chi connectivity index (χ3v) is 6.06. The van der Waals surface area contributed by atoms with Crippen molar-refractivity contribution in [1.82, 2.24) is 15.3 Å². The molecule has 200 valence electrons. The van der Waals surface area contributed by atoms with Crippen molar-refractivity contribution < 1.29 is 33.0 Å². The first-order valence-electron chi connectivity index (χ1n) is 11.8. The van der Waals surface area contributed by atoms with Gasteiger partial charge in [0.25, 0.3) is 5.91 Å². The predicted octanol–water partition coefficient (Wildman–Crippen LogP) is 4.59. The van der Waals surface area contributed by atoms with Gasteiger partial charge in [0.2, 0.25) is 6.10 Å². The van der Waals surface area contributed by atoms with Crippen LogP contribution in [0.4, 0.5) is 8.78 Å². The summed E-state index contributed by atoms with van der Waals surface area (Å²) in [6.07, 6.45) is -1.88. The van der Waals surface area contributed by atoms with Crippen LogP contribution in [0.25, 0.3) is 0 Å². The van der Waals surface area contributed by atoms with Gasteiger partial charge in [0, 0.05) is 17.0 Å². The Morgan fingerprint density at radius 2 is 1.33 bits per heavy atom. The Hall–Kier alpha value is -4.86. The van der Waals surface area contributed by atoms with Crippen LogP contribution < -0.4 is 14.8 Å². The molecule has 1 atom stereocenters. The molecule has 2 N–H and O–H groups in total. The molecule has 0 bridgehead atoms. The largest absolute Gasteiger partial charge is 0.497 e. The summed E-state index contributed by atoms with van der Waals surface area (Å²) in [5.74, 6) is -2.82. The number of benzene rings is 3. The number of nitrogens with zero attached hydrogens (tertiary/aromatic N) is 2. The second-order valence-electron chi connectivity index (χ2n) is 8.77. The molecular weight excluding hydrogens is 508 g/mol. The van der Waals surface area contributed by atoms with E-state index in [9.17, 15) is 23.5 Å². The number of ether oxygens (including phenoxy) is 2. The molecule has 0 radical (unpaired) electrons. The van der Waals surface area contributed by atoms with E-state index in [0.29, 0.717) is 17.1 Å². The van der Waals surface area contributed by atoms with Gasteiger partial charge in [-0.2, -0.15) is 0 Å². The lowest BCUT2D eigenvalue weighted by Crippen LogP contribution is -2.60. The van der Waals surface area contributed by atoms with Crippen molar-refractivity contribution in [2.45, 2.75) is 25.5 Å². The van der Waals surface area contributed by atoms with Gasteiger partial charge in [-0.1, -0.05) is 24.3 Å². The van der Waals surface area contributed by atoms with Crippen LogP contribution in [0.2, 0.25) is 0 Å². The lowest BCUT2D eigenvalue weighted by atomic mass is 9.77. The number of halogens is 2. The first kappa shape index (κ1) is 27.2. The van der Waals surface area contributed by atoms with Gasteiger partial charge in [-0.3, -0.25) is 4.79 Å². The van der Waals surface area contributed by atoms with Gasteiger partial charge in [-0.05, 0) is 79.6 Å². The normalized spacial score (nSPS) is 11.9. The van der Waals surface area contributed by atoms with Crippen LogP contribution in [0.15, 0.2) is 78.9 Å². The number of carboxylic acids is 1. The molecule has 4 aromatic rings. The van der Waals surface area contributed by atoms with Crippen molar-refractivity contribution in [2.75, 3.05) is 7.11 Å². The fourth-order valence-electron chi connectivity index (χ4n) is 4.27. The second kappa shape index (κ2) is 11.3. The number of nitrogens with one attached hydrogen (secondary N) is 1. The minimum atomic E-state index is -1.99. The Balaban J connectivity index is 1.96. The number of aryl methyl sites for hydroxylation is 2. The first-order chi connectivity index (χ1) is 18.6. The SMILES string of the molecule is COc1ccc(C(=O)NC(c2ccc(F)cc2)(c2ccc(F)cc2)C(Oc2nc(C)cc(C)n2)C(=O)O)cc1. The average molecular weight is 534 g/mol. The number of aromatic nitrogens is 2. The van der Waals surface area contributed by atoms with Gasteiger partial charge in [-0.15, -0.1) is 0 Å². The number of aliphatic carboxylic acids is 1. The van der Waals surface area contributed by atoms with Crippen LogP contribution in [0, 0.1) is 25.5 Å². The van der Waals surface area contributed by atoms with Crippen molar-refractivity contribution in [2.24, 2.45) is 0 Å². The summed E-state index contributed by atoms with van der Waals surface area (Å²) in [4.78, 5) is 35.0. The molecule has 1 heterocycles. The van der Waals surface area contributed by atoms with Crippen LogP contribution in [0.3, 0.4) is 0 Å². The molecule has 1 unspecified atom stereocenters. The first-order valence-corrected chi connectivity index (χ1v) is 11.8. The summed E-state index contributed by atoms with van der Waals surface area (Å²) in [6, 6.07) is 17.4. The van der Waals surface area contributed by atoms with E-state index in [4.69, 9.17) is 9.47 Å². The highest BCUT2D eigenvalue weighted by molar-refractivity contribution is 5.96. The van der Waals surface area contributed by atoms with Crippen LogP contribution in [-0.2, 0) is 10.3 Å². The maximum Gasteiger partial charge on any atom is 0.348 e. The Morgan fingerprint density at radius 1 is 0.846 bits per heavy atom. The monoisotopic (exact) mass is 533 g/mol. The quantitative estimate of drug-likeness (QED) is 0.324. The van der Waals surface area contributed by atoms with Gasteiger partial charge in [0.15, 0.2) is 0 Å². The maximum atomic E-state index is 14.0. The van der Waals surface area contributed by atoms with Gasteiger partial charge >= 0.3 is 12.0 Å². The molecular formula is C29H25F2N3O5. The fraction of sp³-hybridized carbons (Fsp3) is 0.172. The summed E-state index contributed by atoms with van der Waals surface area (Å²) < 4.78 is 39.1. The molecule has 3 aromatic carbocycles. The summed E-state index contributed by atoms with van der Waals surface area (Å²) in [7, 11) is 1.48. The third-order valence-electron chi connectivity index (χ3n) is 6.06. The van der Waals surface area contributed by atoms with Gasteiger partial charge in [-0.25, -0.2) is 23.5 Å². The van der Waals surface area contributed by atoms with Crippen LogP contribution in [0.1, 0.15) is 32.9 Å². The lowest BCUT2D eigenvalue weighted by molar-refractivity contribution is -0.148. The van der Waals surface area contributed by atoms with Crippen LogP contribution in [0.5, 0.6) is 11.8 Å². The number of carbonyl (C=O) groups excluding carboxylic acids is 1. The molecule has 0 aliphatic rings. The summed E-state index contributed by atoms with van der Waals surface area (Å²) in [5.41, 5.74) is -0.443. The summed E-state index contributed by atoms with van der Waals surface area (Å²) in [6.45, 7) is 3.38. The highest BCUT2D eigenvalue weighted by Crippen LogP contribution is 2.36. The Bertz CT molecular complexity index is 1410. The molecule has 1 amide bonds. The number of methoxy groups -OCH3 is 1. The van der Waals surface area contributed by atoms with E-state index in [0.717, 1.165) is 24.3 Å². The minimum Gasteiger partial charge on any atom is -0.497 e. The van der Waals surface area contributed by atoms with E-state index < -0.39 is 35.2 Å². The molecule has 10 heteroatoms. The van der Waals surface area contributed by atoms with Crippen LogP contribution >= 0.6 is 0 Å². The highest BCUT2D eigenvalue weighted by Gasteiger charge is 2.50.